The lowest BCUT2D eigenvalue weighted by Crippen LogP contribution is -2.81. The van der Waals surface area contributed by atoms with Gasteiger partial charge in [0.2, 0.25) is 0 Å². The summed E-state index contributed by atoms with van der Waals surface area (Å²) in [6, 6.07) is 8.80. The number of hydrogen-bond acceptors (Lipinski definition) is 4. The van der Waals surface area contributed by atoms with Gasteiger partial charge in [0.1, 0.15) is 6.23 Å². The molecular formula is C20H22N2O2. The lowest BCUT2D eigenvalue weighted by atomic mass is 9.37. The Morgan fingerprint density at radius 2 is 2.25 bits per heavy atom. The van der Waals surface area contributed by atoms with E-state index in [0.29, 0.717) is 17.9 Å². The summed E-state index contributed by atoms with van der Waals surface area (Å²) in [6.07, 6.45) is 3.64. The molecule has 0 aromatic heterocycles. The molecule has 5 bridgehead atoms. The summed E-state index contributed by atoms with van der Waals surface area (Å²) in [4.78, 5) is 7.22. The first-order valence-corrected chi connectivity index (χ1v) is 8.99. The van der Waals surface area contributed by atoms with Crippen LogP contribution in [0.25, 0.3) is 0 Å². The summed E-state index contributed by atoms with van der Waals surface area (Å²) in [6.45, 7) is 5.02. The minimum absolute atomic E-state index is 0.100. The smallest absolute Gasteiger partial charge is 0.118 e. The van der Waals surface area contributed by atoms with Crippen LogP contribution in [0.2, 0.25) is 0 Å². The summed E-state index contributed by atoms with van der Waals surface area (Å²) in [5.74, 6) is 0.899. The Morgan fingerprint density at radius 1 is 1.42 bits per heavy atom. The SMILES string of the molecule is C=C[C@]12[C@@H]3C[C@H]4OC[C@@H]3[C@H](C[C@]13C4=Nc1ccccc13)N(C)[C@H]2O. The van der Waals surface area contributed by atoms with Crippen LogP contribution in [-0.2, 0) is 10.2 Å². The summed E-state index contributed by atoms with van der Waals surface area (Å²) >= 11 is 0. The molecule has 2 aliphatic carbocycles. The molecule has 7 atom stereocenters. The van der Waals surface area contributed by atoms with Crippen molar-refractivity contribution in [2.45, 2.75) is 36.6 Å². The highest BCUT2D eigenvalue weighted by Crippen LogP contribution is 2.72. The van der Waals surface area contributed by atoms with E-state index in [0.717, 1.165) is 30.8 Å². The van der Waals surface area contributed by atoms with Crippen LogP contribution in [0.3, 0.4) is 0 Å². The van der Waals surface area contributed by atoms with Crippen molar-refractivity contribution in [3.8, 4) is 0 Å². The highest BCUT2D eigenvalue weighted by atomic mass is 16.5. The standard InChI is InChI=1S/C20H22N2O2/c1-3-19-13-8-16-17-20(19,12-6-4-5-7-14(12)21-17)9-15(11(13)10-24-16)22(2)18(19)23/h3-7,11,13,15-16,18,23H,1,8-10H2,2H3/t11-,13+,15-,16+,18-,19+,20-/m0/s1. The zero-order valence-corrected chi connectivity index (χ0v) is 13.9. The Labute approximate surface area is 141 Å². The second kappa shape index (κ2) is 4.01. The molecule has 0 radical (unpaired) electrons. The van der Waals surface area contributed by atoms with E-state index in [1.165, 1.54) is 5.56 Å². The maximum Gasteiger partial charge on any atom is 0.118 e. The monoisotopic (exact) mass is 322 g/mol. The fourth-order valence-electron chi connectivity index (χ4n) is 7.01. The third kappa shape index (κ3) is 1.12. The predicted molar refractivity (Wildman–Crippen MR) is 91.4 cm³/mol. The van der Waals surface area contributed by atoms with Gasteiger partial charge in [-0.05, 0) is 37.4 Å². The van der Waals surface area contributed by atoms with Crippen LogP contribution in [-0.4, -0.2) is 47.7 Å². The topological polar surface area (TPSA) is 45.1 Å². The minimum Gasteiger partial charge on any atom is -0.377 e. The van der Waals surface area contributed by atoms with E-state index in [2.05, 4.69) is 48.9 Å². The van der Waals surface area contributed by atoms with Gasteiger partial charge in [-0.3, -0.25) is 9.89 Å². The second-order valence-electron chi connectivity index (χ2n) is 8.20. The number of aliphatic imine (C=N–C) groups is 1. The van der Waals surface area contributed by atoms with Gasteiger partial charge in [0.15, 0.2) is 0 Å². The Bertz CT molecular complexity index is 805. The molecule has 2 saturated carbocycles. The average Bonchev–Trinajstić information content (AvgIpc) is 2.93. The van der Waals surface area contributed by atoms with Crippen molar-refractivity contribution in [1.29, 1.82) is 0 Å². The Kier molecular flexibility index (Phi) is 2.30. The highest BCUT2D eigenvalue weighted by molar-refractivity contribution is 6.07. The van der Waals surface area contributed by atoms with Gasteiger partial charge in [-0.1, -0.05) is 24.3 Å². The fourth-order valence-corrected chi connectivity index (χ4v) is 7.01. The van der Waals surface area contributed by atoms with Crippen LogP contribution < -0.4 is 0 Å². The zero-order chi connectivity index (χ0) is 16.3. The lowest BCUT2D eigenvalue weighted by molar-refractivity contribution is -0.266. The van der Waals surface area contributed by atoms with Gasteiger partial charge in [-0.2, -0.15) is 0 Å². The van der Waals surface area contributed by atoms with Crippen LogP contribution in [0, 0.1) is 17.3 Å². The molecule has 24 heavy (non-hydrogen) atoms. The number of aliphatic hydroxyl groups is 1. The molecule has 1 aromatic rings. The molecule has 4 heteroatoms. The molecule has 3 saturated heterocycles. The first-order chi connectivity index (χ1) is 11.6. The third-order valence-corrected chi connectivity index (χ3v) is 7.86. The Hall–Kier alpha value is -1.49. The predicted octanol–water partition coefficient (Wildman–Crippen LogP) is 2.25. The molecule has 6 aliphatic rings. The molecule has 0 amide bonds. The van der Waals surface area contributed by atoms with E-state index in [1.54, 1.807) is 0 Å². The normalized spacial score (nSPS) is 50.4. The summed E-state index contributed by atoms with van der Waals surface area (Å²) < 4.78 is 6.27. The van der Waals surface area contributed by atoms with Gasteiger partial charge in [-0.25, -0.2) is 0 Å². The Balaban J connectivity index is 1.73. The number of piperidine rings is 2. The molecule has 4 nitrogen and oxygen atoms in total. The van der Waals surface area contributed by atoms with Crippen molar-refractivity contribution in [2.24, 2.45) is 22.2 Å². The average molecular weight is 322 g/mol. The Morgan fingerprint density at radius 3 is 3.08 bits per heavy atom. The fraction of sp³-hybridized carbons (Fsp3) is 0.550. The van der Waals surface area contributed by atoms with E-state index in [1.807, 2.05) is 0 Å². The number of rotatable bonds is 1. The van der Waals surface area contributed by atoms with E-state index in [-0.39, 0.29) is 16.9 Å². The first kappa shape index (κ1) is 13.8. The molecule has 0 unspecified atom stereocenters. The third-order valence-electron chi connectivity index (χ3n) is 7.86. The van der Waals surface area contributed by atoms with E-state index in [4.69, 9.17) is 9.73 Å². The van der Waals surface area contributed by atoms with Crippen molar-refractivity contribution in [3.05, 3.63) is 42.5 Å². The number of ether oxygens (including phenoxy) is 1. The summed E-state index contributed by atoms with van der Waals surface area (Å²) in [5, 5.41) is 11.4. The molecular weight excluding hydrogens is 300 g/mol. The number of nitrogens with zero attached hydrogens (tertiary/aromatic N) is 2. The molecule has 5 fully saturated rings. The van der Waals surface area contributed by atoms with E-state index >= 15 is 0 Å². The number of hydrogen-bond donors (Lipinski definition) is 1. The van der Waals surface area contributed by atoms with Crippen LogP contribution >= 0.6 is 0 Å². The van der Waals surface area contributed by atoms with Crippen molar-refractivity contribution in [1.82, 2.24) is 4.90 Å². The highest BCUT2D eigenvalue weighted by Gasteiger charge is 2.77. The maximum atomic E-state index is 11.4. The van der Waals surface area contributed by atoms with Crippen molar-refractivity contribution in [3.63, 3.8) is 0 Å². The van der Waals surface area contributed by atoms with Gasteiger partial charge < -0.3 is 9.84 Å². The summed E-state index contributed by atoms with van der Waals surface area (Å²) in [5.41, 5.74) is 2.87. The van der Waals surface area contributed by atoms with Gasteiger partial charge in [-0.15, -0.1) is 6.58 Å². The van der Waals surface area contributed by atoms with Gasteiger partial charge in [0.05, 0.1) is 29.5 Å². The first-order valence-electron chi connectivity index (χ1n) is 8.99. The number of fused-ring (bicyclic) bond motifs is 4. The molecule has 1 spiro atoms. The molecule has 4 heterocycles. The molecule has 7 rings (SSSR count). The van der Waals surface area contributed by atoms with Crippen LogP contribution in [0.1, 0.15) is 18.4 Å². The zero-order valence-electron chi connectivity index (χ0n) is 13.9. The minimum atomic E-state index is -0.509. The quantitative estimate of drug-likeness (QED) is 0.807. The van der Waals surface area contributed by atoms with Crippen molar-refractivity contribution >= 4 is 11.4 Å². The van der Waals surface area contributed by atoms with Gasteiger partial charge in [0.25, 0.3) is 0 Å². The maximum absolute atomic E-state index is 11.4. The van der Waals surface area contributed by atoms with Crippen LogP contribution in [0.4, 0.5) is 5.69 Å². The van der Waals surface area contributed by atoms with Crippen molar-refractivity contribution < 1.29 is 9.84 Å². The summed E-state index contributed by atoms with van der Waals surface area (Å²) in [7, 11) is 2.06. The number of para-hydroxylation sites is 1. The molecule has 124 valence electrons. The lowest BCUT2D eigenvalue weighted by Gasteiger charge is -2.73. The molecule has 4 aliphatic heterocycles. The van der Waals surface area contributed by atoms with Crippen LogP contribution in [0.5, 0.6) is 0 Å². The van der Waals surface area contributed by atoms with Gasteiger partial charge >= 0.3 is 0 Å². The van der Waals surface area contributed by atoms with Gasteiger partial charge in [0, 0.05) is 17.4 Å². The van der Waals surface area contributed by atoms with E-state index < -0.39 is 6.23 Å². The van der Waals surface area contributed by atoms with Crippen LogP contribution in [0.15, 0.2) is 41.9 Å². The molecule has 1 N–H and O–H groups in total. The largest absolute Gasteiger partial charge is 0.377 e. The second-order valence-corrected chi connectivity index (χ2v) is 8.20. The number of benzene rings is 1. The molecule has 1 aromatic carbocycles. The van der Waals surface area contributed by atoms with E-state index in [9.17, 15) is 5.11 Å². The number of aliphatic hydroxyl groups excluding tert-OH is 1. The van der Waals surface area contributed by atoms with Crippen molar-refractivity contribution in [2.75, 3.05) is 13.7 Å².